The maximum absolute atomic E-state index is 13.2. The summed E-state index contributed by atoms with van der Waals surface area (Å²) in [6, 6.07) is 10.8. The fourth-order valence-corrected chi connectivity index (χ4v) is 5.29. The van der Waals surface area contributed by atoms with Crippen LogP contribution in [0.4, 0.5) is 18.9 Å². The smallest absolute Gasteiger partial charge is 0.378 e. The molecule has 0 bridgehead atoms. The first kappa shape index (κ1) is 24.7. The second-order valence-electron chi connectivity index (χ2n) is 7.98. The van der Waals surface area contributed by atoms with Crippen LogP contribution >= 0.6 is 0 Å². The van der Waals surface area contributed by atoms with E-state index in [2.05, 4.69) is 5.32 Å². The molecule has 2 heterocycles. The van der Waals surface area contributed by atoms with Gasteiger partial charge in [-0.3, -0.25) is 9.59 Å². The van der Waals surface area contributed by atoms with Crippen LogP contribution in [-0.4, -0.2) is 61.8 Å². The van der Waals surface area contributed by atoms with Crippen LogP contribution < -0.4 is 5.32 Å². The Labute approximate surface area is 199 Å². The maximum atomic E-state index is 13.2. The number of alkyl halides is 3. The molecule has 0 atom stereocenters. The van der Waals surface area contributed by atoms with Gasteiger partial charge in [0.15, 0.2) is 9.84 Å². The lowest BCUT2D eigenvalue weighted by atomic mass is 10.1. The molecule has 1 aliphatic rings. The Morgan fingerprint density at radius 1 is 1.00 bits per heavy atom. The van der Waals surface area contributed by atoms with Crippen LogP contribution in [0.1, 0.15) is 5.56 Å². The van der Waals surface area contributed by atoms with Crippen molar-refractivity contribution in [2.45, 2.75) is 17.6 Å². The van der Waals surface area contributed by atoms with Crippen LogP contribution in [0.3, 0.4) is 0 Å². The lowest BCUT2D eigenvalue weighted by molar-refractivity contribution is -0.137. The van der Waals surface area contributed by atoms with Gasteiger partial charge in [0.25, 0.3) is 0 Å². The number of ether oxygens (including phenoxy) is 1. The summed E-state index contributed by atoms with van der Waals surface area (Å²) < 4.78 is 72.6. The second kappa shape index (κ2) is 9.70. The van der Waals surface area contributed by atoms with Gasteiger partial charge in [0, 0.05) is 30.2 Å². The Balaban J connectivity index is 1.58. The number of nitrogens with zero attached hydrogens (tertiary/aromatic N) is 2. The van der Waals surface area contributed by atoms with Gasteiger partial charge < -0.3 is 19.5 Å². The largest absolute Gasteiger partial charge is 0.418 e. The Hall–Kier alpha value is -3.38. The highest BCUT2D eigenvalue weighted by atomic mass is 32.2. The number of hydrogen-bond donors (Lipinski definition) is 1. The average molecular weight is 510 g/mol. The molecule has 1 aliphatic heterocycles. The van der Waals surface area contributed by atoms with Gasteiger partial charge in [0.05, 0.1) is 29.4 Å². The van der Waals surface area contributed by atoms with Crippen molar-refractivity contribution in [1.29, 1.82) is 0 Å². The van der Waals surface area contributed by atoms with Crippen molar-refractivity contribution in [3.8, 4) is 0 Å². The number of anilines is 1. The summed E-state index contributed by atoms with van der Waals surface area (Å²) in [5, 5.41) is 2.37. The van der Waals surface area contributed by atoms with Crippen molar-refractivity contribution in [1.82, 2.24) is 9.47 Å². The molecule has 0 saturated carbocycles. The van der Waals surface area contributed by atoms with Gasteiger partial charge >= 0.3 is 6.18 Å². The number of rotatable bonds is 6. The molecule has 3 aromatic rings. The number of halogens is 3. The Morgan fingerprint density at radius 2 is 1.66 bits per heavy atom. The molecule has 4 rings (SSSR count). The molecule has 35 heavy (non-hydrogen) atoms. The maximum Gasteiger partial charge on any atom is 0.418 e. The topological polar surface area (TPSA) is 97.7 Å². The lowest BCUT2D eigenvalue weighted by Gasteiger charge is -2.27. The molecule has 12 heteroatoms. The number of fused-ring (bicyclic) bond motifs is 1. The average Bonchev–Trinajstić information content (AvgIpc) is 3.18. The van der Waals surface area contributed by atoms with E-state index in [9.17, 15) is 31.2 Å². The second-order valence-corrected chi connectivity index (χ2v) is 9.94. The summed E-state index contributed by atoms with van der Waals surface area (Å²) in [6.45, 7) is 1.60. The van der Waals surface area contributed by atoms with Gasteiger partial charge in [-0.15, -0.1) is 0 Å². The molecule has 1 N–H and O–H groups in total. The van der Waals surface area contributed by atoms with E-state index >= 15 is 0 Å². The number of sulfone groups is 1. The third kappa shape index (κ3) is 5.49. The van der Waals surface area contributed by atoms with Gasteiger partial charge in [0.2, 0.25) is 11.8 Å². The molecule has 186 valence electrons. The van der Waals surface area contributed by atoms with E-state index in [4.69, 9.17) is 4.74 Å². The van der Waals surface area contributed by atoms with Crippen LogP contribution in [0.15, 0.2) is 59.6 Å². The fourth-order valence-electron chi connectivity index (χ4n) is 3.93. The zero-order chi connectivity index (χ0) is 25.2. The number of nitrogens with one attached hydrogen (secondary N) is 1. The number of carbonyl (C=O) groups is 2. The molecule has 1 aromatic heterocycles. The number of morpholine rings is 1. The Bertz CT molecular complexity index is 1360. The summed E-state index contributed by atoms with van der Waals surface area (Å²) >= 11 is 0. The van der Waals surface area contributed by atoms with Gasteiger partial charge in [-0.1, -0.05) is 30.3 Å². The number of benzene rings is 2. The lowest BCUT2D eigenvalue weighted by Crippen LogP contribution is -2.42. The zero-order valence-electron chi connectivity index (χ0n) is 18.4. The van der Waals surface area contributed by atoms with E-state index in [1.54, 1.807) is 29.2 Å². The summed E-state index contributed by atoms with van der Waals surface area (Å²) in [5.74, 6) is -2.38. The number of carbonyl (C=O) groups excluding carboxylic acids is 2. The van der Waals surface area contributed by atoms with Crippen molar-refractivity contribution in [3.63, 3.8) is 0 Å². The summed E-state index contributed by atoms with van der Waals surface area (Å²) in [6.07, 6.45) is -3.43. The van der Waals surface area contributed by atoms with Crippen LogP contribution in [0.2, 0.25) is 0 Å². The molecular weight excluding hydrogens is 487 g/mol. The monoisotopic (exact) mass is 509 g/mol. The van der Waals surface area contributed by atoms with Crippen LogP contribution in [0.25, 0.3) is 10.9 Å². The highest BCUT2D eigenvalue weighted by Gasteiger charge is 2.34. The predicted octanol–water partition coefficient (Wildman–Crippen LogP) is 2.93. The van der Waals surface area contributed by atoms with E-state index < -0.39 is 38.9 Å². The molecule has 0 aliphatic carbocycles. The standard InChI is InChI=1S/C23H22F3N3O5S/c24-23(25,26)17-6-2-3-7-18(17)27-21(30)15-35(32,33)20-13-29(19-8-4-1-5-16(19)20)14-22(31)28-9-11-34-12-10-28/h1-8,13H,9-12,14-15H2,(H,27,30). The van der Waals surface area contributed by atoms with Crippen LogP contribution in [0, 0.1) is 0 Å². The van der Waals surface area contributed by atoms with Crippen LogP contribution in [-0.2, 0) is 36.9 Å². The third-order valence-corrected chi connectivity index (χ3v) is 7.22. The Kier molecular flexibility index (Phi) is 6.86. The molecule has 1 saturated heterocycles. The molecule has 2 amide bonds. The van der Waals surface area contributed by atoms with E-state index in [-0.39, 0.29) is 17.3 Å². The van der Waals surface area contributed by atoms with Gasteiger partial charge in [-0.05, 0) is 18.2 Å². The zero-order valence-corrected chi connectivity index (χ0v) is 19.2. The van der Waals surface area contributed by atoms with Gasteiger partial charge in [-0.25, -0.2) is 8.42 Å². The number of amides is 2. The Morgan fingerprint density at radius 3 is 2.37 bits per heavy atom. The normalized spacial score (nSPS) is 14.8. The molecule has 8 nitrogen and oxygen atoms in total. The van der Waals surface area contributed by atoms with Crippen molar-refractivity contribution in [2.75, 3.05) is 37.4 Å². The fraction of sp³-hybridized carbons (Fsp3) is 0.304. The van der Waals surface area contributed by atoms with Crippen molar-refractivity contribution in [3.05, 3.63) is 60.3 Å². The molecule has 2 aromatic carbocycles. The first-order valence-electron chi connectivity index (χ1n) is 10.7. The quantitative estimate of drug-likeness (QED) is 0.551. The number of aromatic nitrogens is 1. The van der Waals surface area contributed by atoms with Crippen molar-refractivity contribution < 1.29 is 35.9 Å². The molecular formula is C23H22F3N3O5S. The molecule has 0 spiro atoms. The minimum absolute atomic E-state index is 0.110. The van der Waals surface area contributed by atoms with E-state index in [0.29, 0.717) is 37.2 Å². The van der Waals surface area contributed by atoms with Gasteiger partial charge in [-0.2, -0.15) is 13.2 Å². The number of hydrogen-bond acceptors (Lipinski definition) is 5. The first-order chi connectivity index (χ1) is 16.6. The van der Waals surface area contributed by atoms with E-state index in [0.717, 1.165) is 12.1 Å². The molecule has 1 fully saturated rings. The van der Waals surface area contributed by atoms with Crippen LogP contribution in [0.5, 0.6) is 0 Å². The molecule has 0 unspecified atom stereocenters. The van der Waals surface area contributed by atoms with Crippen molar-refractivity contribution >= 4 is 38.2 Å². The van der Waals surface area contributed by atoms with E-state index in [1.165, 1.54) is 22.9 Å². The third-order valence-electron chi connectivity index (χ3n) is 5.58. The highest BCUT2D eigenvalue weighted by molar-refractivity contribution is 7.92. The van der Waals surface area contributed by atoms with Crippen molar-refractivity contribution in [2.24, 2.45) is 0 Å². The minimum Gasteiger partial charge on any atom is -0.378 e. The summed E-state index contributed by atoms with van der Waals surface area (Å²) in [4.78, 5) is 26.6. The SMILES string of the molecule is O=C(CS(=O)(=O)c1cn(CC(=O)N2CCOCC2)c2ccccc12)Nc1ccccc1C(F)(F)F. The van der Waals surface area contributed by atoms with Gasteiger partial charge in [0.1, 0.15) is 12.3 Å². The minimum atomic E-state index is -4.72. The highest BCUT2D eigenvalue weighted by Crippen LogP contribution is 2.34. The number of para-hydroxylation sites is 2. The summed E-state index contributed by atoms with van der Waals surface area (Å²) in [5.41, 5.74) is -1.13. The summed E-state index contributed by atoms with van der Waals surface area (Å²) in [7, 11) is -4.25. The molecule has 0 radical (unpaired) electrons. The van der Waals surface area contributed by atoms with E-state index in [1.807, 2.05) is 0 Å². The predicted molar refractivity (Wildman–Crippen MR) is 121 cm³/mol. The first-order valence-corrected chi connectivity index (χ1v) is 12.3.